The predicted molar refractivity (Wildman–Crippen MR) is 68.8 cm³/mol. The maximum Gasteiger partial charge on any atom is 0.269 e. The molecule has 0 fully saturated rings. The molecule has 1 aromatic rings. The summed E-state index contributed by atoms with van der Waals surface area (Å²) in [5.74, 6) is 0. The van der Waals surface area contributed by atoms with Gasteiger partial charge in [0.1, 0.15) is 0 Å². The molecule has 0 aliphatic heterocycles. The lowest BCUT2D eigenvalue weighted by molar-refractivity contribution is -0.384. The van der Waals surface area contributed by atoms with Gasteiger partial charge in [0, 0.05) is 18.2 Å². The van der Waals surface area contributed by atoms with Crippen molar-refractivity contribution >= 4 is 5.69 Å². The Morgan fingerprint density at radius 1 is 1.41 bits per heavy atom. The Hall–Kier alpha value is -1.42. The van der Waals surface area contributed by atoms with E-state index in [0.717, 1.165) is 18.4 Å². The molecule has 1 rings (SSSR count). The van der Waals surface area contributed by atoms with E-state index < -0.39 is 0 Å². The summed E-state index contributed by atoms with van der Waals surface area (Å²) in [5, 5.41) is 10.6. The van der Waals surface area contributed by atoms with Gasteiger partial charge in [-0.15, -0.1) is 0 Å². The van der Waals surface area contributed by atoms with Gasteiger partial charge >= 0.3 is 0 Å². The fourth-order valence-electron chi connectivity index (χ4n) is 1.58. The van der Waals surface area contributed by atoms with Crippen LogP contribution in [0.1, 0.15) is 32.8 Å². The summed E-state index contributed by atoms with van der Waals surface area (Å²) in [5.41, 5.74) is 7.25. The molecule has 0 aromatic heterocycles. The number of aryl methyl sites for hydroxylation is 1. The van der Waals surface area contributed by atoms with Crippen LogP contribution in [0.5, 0.6) is 0 Å². The molecule has 0 spiro atoms. The van der Waals surface area contributed by atoms with Crippen LogP contribution < -0.4 is 5.73 Å². The third-order valence-corrected chi connectivity index (χ3v) is 2.98. The Kier molecular flexibility index (Phi) is 4.23. The number of benzene rings is 1. The Bertz CT molecular complexity index is 397. The highest BCUT2D eigenvalue weighted by Crippen LogP contribution is 2.22. The molecule has 0 bridgehead atoms. The fraction of sp³-hybridized carbons (Fsp3) is 0.538. The van der Waals surface area contributed by atoms with Crippen LogP contribution in [0.2, 0.25) is 0 Å². The van der Waals surface area contributed by atoms with Crippen LogP contribution >= 0.6 is 0 Å². The number of nitro benzene ring substituents is 1. The lowest BCUT2D eigenvalue weighted by Crippen LogP contribution is -2.35. The molecule has 17 heavy (non-hydrogen) atoms. The van der Waals surface area contributed by atoms with Crippen molar-refractivity contribution in [1.29, 1.82) is 0 Å². The van der Waals surface area contributed by atoms with E-state index in [4.69, 9.17) is 5.73 Å². The Labute approximate surface area is 102 Å². The maximum atomic E-state index is 10.6. The molecule has 0 saturated carbocycles. The van der Waals surface area contributed by atoms with E-state index in [0.29, 0.717) is 0 Å². The van der Waals surface area contributed by atoms with Crippen LogP contribution in [-0.2, 0) is 6.42 Å². The third kappa shape index (κ3) is 4.15. The van der Waals surface area contributed by atoms with E-state index in [1.165, 1.54) is 6.07 Å². The topological polar surface area (TPSA) is 69.2 Å². The van der Waals surface area contributed by atoms with Gasteiger partial charge in [0.15, 0.2) is 0 Å². The highest BCUT2D eigenvalue weighted by Gasteiger charge is 2.20. The summed E-state index contributed by atoms with van der Waals surface area (Å²) in [6.07, 6.45) is 1.62. The lowest BCUT2D eigenvalue weighted by Gasteiger charge is -2.26. The first kappa shape index (κ1) is 13.6. The SMILES string of the molecule is CC(C)(C)C(N)CCc1cccc([N+](=O)[O-])c1. The molecule has 1 aromatic carbocycles. The summed E-state index contributed by atoms with van der Waals surface area (Å²) < 4.78 is 0. The van der Waals surface area contributed by atoms with E-state index in [9.17, 15) is 10.1 Å². The van der Waals surface area contributed by atoms with E-state index in [1.54, 1.807) is 12.1 Å². The van der Waals surface area contributed by atoms with Crippen molar-refractivity contribution in [2.24, 2.45) is 11.1 Å². The molecule has 1 unspecified atom stereocenters. The molecular weight excluding hydrogens is 216 g/mol. The van der Waals surface area contributed by atoms with Crippen molar-refractivity contribution in [3.05, 3.63) is 39.9 Å². The van der Waals surface area contributed by atoms with Gasteiger partial charge in [-0.05, 0) is 23.8 Å². The number of hydrogen-bond acceptors (Lipinski definition) is 3. The number of nitrogens with zero attached hydrogens (tertiary/aromatic N) is 1. The Morgan fingerprint density at radius 2 is 2.06 bits per heavy atom. The second kappa shape index (κ2) is 5.27. The predicted octanol–water partition coefficient (Wildman–Crippen LogP) is 2.90. The van der Waals surface area contributed by atoms with E-state index in [1.807, 2.05) is 6.07 Å². The van der Waals surface area contributed by atoms with Gasteiger partial charge in [-0.1, -0.05) is 32.9 Å². The maximum absolute atomic E-state index is 10.6. The van der Waals surface area contributed by atoms with E-state index in [2.05, 4.69) is 20.8 Å². The number of non-ortho nitro benzene ring substituents is 1. The zero-order valence-corrected chi connectivity index (χ0v) is 10.6. The van der Waals surface area contributed by atoms with Crippen molar-refractivity contribution in [2.75, 3.05) is 0 Å². The molecule has 0 heterocycles. The largest absolute Gasteiger partial charge is 0.327 e. The van der Waals surface area contributed by atoms with Crippen LogP contribution in [-0.4, -0.2) is 11.0 Å². The Morgan fingerprint density at radius 3 is 2.59 bits per heavy atom. The molecule has 0 amide bonds. The van der Waals surface area contributed by atoms with Crippen LogP contribution in [0.15, 0.2) is 24.3 Å². The molecule has 2 N–H and O–H groups in total. The molecule has 4 heteroatoms. The molecule has 94 valence electrons. The monoisotopic (exact) mass is 236 g/mol. The minimum Gasteiger partial charge on any atom is -0.327 e. The molecule has 1 atom stereocenters. The summed E-state index contributed by atoms with van der Waals surface area (Å²) in [7, 11) is 0. The lowest BCUT2D eigenvalue weighted by atomic mass is 9.84. The number of nitro groups is 1. The van der Waals surface area contributed by atoms with Crippen molar-refractivity contribution in [3.63, 3.8) is 0 Å². The smallest absolute Gasteiger partial charge is 0.269 e. The highest BCUT2D eigenvalue weighted by molar-refractivity contribution is 5.34. The third-order valence-electron chi connectivity index (χ3n) is 2.98. The van der Waals surface area contributed by atoms with Crippen LogP contribution in [0.3, 0.4) is 0 Å². The molecule has 0 radical (unpaired) electrons. The minimum absolute atomic E-state index is 0.0702. The normalized spacial score (nSPS) is 13.4. The second-order valence-electron chi connectivity index (χ2n) is 5.44. The number of rotatable bonds is 4. The van der Waals surface area contributed by atoms with Gasteiger partial charge in [-0.25, -0.2) is 0 Å². The van der Waals surface area contributed by atoms with Crippen LogP contribution in [0.4, 0.5) is 5.69 Å². The average Bonchev–Trinajstić information content (AvgIpc) is 2.25. The molecule has 0 saturated heterocycles. The molecule has 0 aliphatic rings. The average molecular weight is 236 g/mol. The summed E-state index contributed by atoms with van der Waals surface area (Å²) in [6.45, 7) is 6.31. The quantitative estimate of drug-likeness (QED) is 0.645. The van der Waals surface area contributed by atoms with Crippen molar-refractivity contribution < 1.29 is 4.92 Å². The van der Waals surface area contributed by atoms with E-state index in [-0.39, 0.29) is 22.1 Å². The first-order chi connectivity index (χ1) is 7.80. The van der Waals surface area contributed by atoms with Crippen molar-refractivity contribution in [2.45, 2.75) is 39.7 Å². The van der Waals surface area contributed by atoms with Gasteiger partial charge in [-0.3, -0.25) is 10.1 Å². The number of hydrogen-bond donors (Lipinski definition) is 1. The first-order valence-electron chi connectivity index (χ1n) is 5.79. The zero-order chi connectivity index (χ0) is 13.1. The van der Waals surface area contributed by atoms with Crippen LogP contribution in [0.25, 0.3) is 0 Å². The first-order valence-corrected chi connectivity index (χ1v) is 5.79. The van der Waals surface area contributed by atoms with Gasteiger partial charge in [0.2, 0.25) is 0 Å². The molecular formula is C13H20N2O2. The molecule has 4 nitrogen and oxygen atoms in total. The standard InChI is InChI=1S/C13H20N2O2/c1-13(2,3)12(14)8-7-10-5-4-6-11(9-10)15(16)17/h4-6,9,12H,7-8,14H2,1-3H3. The van der Waals surface area contributed by atoms with Gasteiger partial charge in [0.05, 0.1) is 4.92 Å². The van der Waals surface area contributed by atoms with Gasteiger partial charge in [-0.2, -0.15) is 0 Å². The fourth-order valence-corrected chi connectivity index (χ4v) is 1.58. The van der Waals surface area contributed by atoms with Gasteiger partial charge < -0.3 is 5.73 Å². The summed E-state index contributed by atoms with van der Waals surface area (Å²) in [4.78, 5) is 10.3. The summed E-state index contributed by atoms with van der Waals surface area (Å²) in [6, 6.07) is 6.85. The molecule has 0 aliphatic carbocycles. The Balaban J connectivity index is 2.64. The van der Waals surface area contributed by atoms with E-state index >= 15 is 0 Å². The second-order valence-corrected chi connectivity index (χ2v) is 5.44. The van der Waals surface area contributed by atoms with Crippen LogP contribution in [0, 0.1) is 15.5 Å². The van der Waals surface area contributed by atoms with Crippen molar-refractivity contribution in [1.82, 2.24) is 0 Å². The van der Waals surface area contributed by atoms with Crippen molar-refractivity contribution in [3.8, 4) is 0 Å². The zero-order valence-electron chi connectivity index (χ0n) is 10.6. The van der Waals surface area contributed by atoms with Gasteiger partial charge in [0.25, 0.3) is 5.69 Å². The summed E-state index contributed by atoms with van der Waals surface area (Å²) >= 11 is 0. The minimum atomic E-state index is -0.368. The number of nitrogens with two attached hydrogens (primary N) is 1. The highest BCUT2D eigenvalue weighted by atomic mass is 16.6.